The Bertz CT molecular complexity index is 426. The van der Waals surface area contributed by atoms with Crippen molar-refractivity contribution in [3.05, 3.63) is 45.9 Å². The quantitative estimate of drug-likeness (QED) is 0.669. The SMILES string of the molecule is O=C(O)/C=C/C1C=CC(O)=C(O)C1=C(Cl)Cl. The lowest BCUT2D eigenvalue weighted by Gasteiger charge is -2.17. The highest BCUT2D eigenvalue weighted by molar-refractivity contribution is 6.56. The van der Waals surface area contributed by atoms with Crippen LogP contribution in [0, 0.1) is 5.92 Å². The molecule has 0 aromatic rings. The van der Waals surface area contributed by atoms with Crippen LogP contribution >= 0.6 is 23.2 Å². The molecule has 1 atom stereocenters. The number of carbonyl (C=O) groups is 1. The minimum atomic E-state index is -1.13. The standard InChI is InChI=1S/C10H8Cl2O4/c11-10(12)8-5(2-4-7(14)15)1-3-6(13)9(8)16/h1-5,13,16H,(H,14,15)/b4-2+. The zero-order valence-corrected chi connectivity index (χ0v) is 9.40. The summed E-state index contributed by atoms with van der Waals surface area (Å²) < 4.78 is -0.228. The molecule has 0 amide bonds. The fraction of sp³-hybridized carbons (Fsp3) is 0.100. The summed E-state index contributed by atoms with van der Waals surface area (Å²) in [6.45, 7) is 0. The predicted octanol–water partition coefficient (Wildman–Crippen LogP) is 2.83. The number of aliphatic hydroxyl groups excluding tert-OH is 2. The zero-order valence-electron chi connectivity index (χ0n) is 7.89. The van der Waals surface area contributed by atoms with E-state index in [9.17, 15) is 15.0 Å². The van der Waals surface area contributed by atoms with E-state index in [1.54, 1.807) is 0 Å². The van der Waals surface area contributed by atoms with E-state index in [4.69, 9.17) is 28.3 Å². The van der Waals surface area contributed by atoms with Crippen LogP contribution in [0.1, 0.15) is 0 Å². The van der Waals surface area contributed by atoms with Crippen LogP contribution in [0.15, 0.2) is 45.9 Å². The maximum absolute atomic E-state index is 10.3. The van der Waals surface area contributed by atoms with Crippen LogP contribution in [0.5, 0.6) is 0 Å². The van der Waals surface area contributed by atoms with Crippen LogP contribution < -0.4 is 0 Å². The molecular weight excluding hydrogens is 255 g/mol. The van der Waals surface area contributed by atoms with Gasteiger partial charge >= 0.3 is 5.97 Å². The first-order valence-electron chi connectivity index (χ1n) is 4.20. The predicted molar refractivity (Wildman–Crippen MR) is 60.4 cm³/mol. The highest BCUT2D eigenvalue weighted by Gasteiger charge is 2.23. The number of allylic oxidation sites excluding steroid dienone is 4. The molecular formula is C10H8Cl2O4. The molecule has 1 rings (SSSR count). The summed E-state index contributed by atoms with van der Waals surface area (Å²) in [4.78, 5) is 10.3. The third-order valence-corrected chi connectivity index (χ3v) is 2.35. The third-order valence-electron chi connectivity index (χ3n) is 1.94. The van der Waals surface area contributed by atoms with E-state index >= 15 is 0 Å². The molecule has 1 unspecified atom stereocenters. The van der Waals surface area contributed by atoms with Crippen LogP contribution in [0.4, 0.5) is 0 Å². The van der Waals surface area contributed by atoms with Crippen molar-refractivity contribution in [3.63, 3.8) is 0 Å². The Labute approximate surface area is 101 Å². The zero-order chi connectivity index (χ0) is 12.3. The Balaban J connectivity index is 3.11. The minimum absolute atomic E-state index is 0.0702. The van der Waals surface area contributed by atoms with Crippen LogP contribution in [0.25, 0.3) is 0 Å². The number of halogens is 2. The lowest BCUT2D eigenvalue weighted by Crippen LogP contribution is -2.09. The first-order chi connectivity index (χ1) is 7.43. The largest absolute Gasteiger partial charge is 0.504 e. The van der Waals surface area contributed by atoms with Gasteiger partial charge in [-0.1, -0.05) is 35.4 Å². The normalized spacial score (nSPS) is 20.6. The molecule has 0 aromatic heterocycles. The van der Waals surface area contributed by atoms with Gasteiger partial charge in [0.15, 0.2) is 11.5 Å². The third kappa shape index (κ3) is 2.81. The van der Waals surface area contributed by atoms with E-state index in [0.29, 0.717) is 0 Å². The van der Waals surface area contributed by atoms with Crippen LogP contribution in [0.2, 0.25) is 0 Å². The summed E-state index contributed by atoms with van der Waals surface area (Å²) in [5.41, 5.74) is 0.0702. The summed E-state index contributed by atoms with van der Waals surface area (Å²) in [5.74, 6) is -2.54. The fourth-order valence-corrected chi connectivity index (χ4v) is 1.66. The number of rotatable bonds is 2. The van der Waals surface area contributed by atoms with Crippen molar-refractivity contribution < 1.29 is 20.1 Å². The van der Waals surface area contributed by atoms with Gasteiger partial charge in [0.05, 0.1) is 0 Å². The molecule has 0 bridgehead atoms. The Morgan fingerprint density at radius 2 is 2.00 bits per heavy atom. The summed E-state index contributed by atoms with van der Waals surface area (Å²) in [7, 11) is 0. The molecule has 16 heavy (non-hydrogen) atoms. The lowest BCUT2D eigenvalue weighted by molar-refractivity contribution is -0.131. The van der Waals surface area contributed by atoms with E-state index in [2.05, 4.69) is 0 Å². The van der Waals surface area contributed by atoms with Crippen molar-refractivity contribution in [2.75, 3.05) is 0 Å². The average molecular weight is 263 g/mol. The Morgan fingerprint density at radius 1 is 1.38 bits per heavy atom. The number of aliphatic carboxylic acids is 1. The Morgan fingerprint density at radius 3 is 2.50 bits per heavy atom. The number of hydrogen-bond donors (Lipinski definition) is 3. The van der Waals surface area contributed by atoms with Crippen molar-refractivity contribution in [1.82, 2.24) is 0 Å². The molecule has 0 fully saturated rings. The highest BCUT2D eigenvalue weighted by Crippen LogP contribution is 2.33. The summed E-state index contributed by atoms with van der Waals surface area (Å²) in [6.07, 6.45) is 4.91. The van der Waals surface area contributed by atoms with Crippen LogP contribution in [-0.4, -0.2) is 21.3 Å². The second-order valence-corrected chi connectivity index (χ2v) is 3.94. The van der Waals surface area contributed by atoms with E-state index in [-0.39, 0.29) is 15.8 Å². The van der Waals surface area contributed by atoms with Gasteiger partial charge in [0, 0.05) is 17.6 Å². The van der Waals surface area contributed by atoms with Gasteiger partial charge in [0.2, 0.25) is 0 Å². The van der Waals surface area contributed by atoms with Crippen molar-refractivity contribution in [2.45, 2.75) is 0 Å². The smallest absolute Gasteiger partial charge is 0.328 e. The molecule has 0 radical (unpaired) electrons. The molecule has 3 N–H and O–H groups in total. The number of carboxylic acid groups (broad SMARTS) is 1. The fourth-order valence-electron chi connectivity index (χ4n) is 1.23. The van der Waals surface area contributed by atoms with E-state index in [1.165, 1.54) is 18.2 Å². The minimum Gasteiger partial charge on any atom is -0.504 e. The van der Waals surface area contributed by atoms with Gasteiger partial charge in [-0.05, 0) is 6.08 Å². The van der Waals surface area contributed by atoms with Gasteiger partial charge < -0.3 is 15.3 Å². The van der Waals surface area contributed by atoms with Crippen LogP contribution in [0.3, 0.4) is 0 Å². The molecule has 4 nitrogen and oxygen atoms in total. The number of hydrogen-bond acceptors (Lipinski definition) is 3. The number of carboxylic acids is 1. The lowest BCUT2D eigenvalue weighted by atomic mass is 9.93. The highest BCUT2D eigenvalue weighted by atomic mass is 35.5. The molecule has 0 aromatic carbocycles. The first kappa shape index (κ1) is 12.7. The maximum atomic E-state index is 10.3. The van der Waals surface area contributed by atoms with Gasteiger partial charge in [-0.25, -0.2) is 4.79 Å². The van der Waals surface area contributed by atoms with Crippen molar-refractivity contribution >= 4 is 29.2 Å². The van der Waals surface area contributed by atoms with Gasteiger partial charge in [-0.2, -0.15) is 0 Å². The van der Waals surface area contributed by atoms with Gasteiger partial charge in [-0.15, -0.1) is 0 Å². The van der Waals surface area contributed by atoms with Crippen molar-refractivity contribution in [2.24, 2.45) is 5.92 Å². The average Bonchev–Trinajstić information content (AvgIpc) is 2.19. The van der Waals surface area contributed by atoms with Gasteiger partial charge in [0.25, 0.3) is 0 Å². The van der Waals surface area contributed by atoms with Gasteiger partial charge in [0.1, 0.15) is 4.49 Å². The molecule has 0 aliphatic heterocycles. The Hall–Kier alpha value is -1.39. The molecule has 0 saturated carbocycles. The molecule has 86 valence electrons. The van der Waals surface area contributed by atoms with E-state index < -0.39 is 17.6 Å². The monoisotopic (exact) mass is 262 g/mol. The van der Waals surface area contributed by atoms with Gasteiger partial charge in [-0.3, -0.25) is 0 Å². The number of aliphatic hydroxyl groups is 2. The first-order valence-corrected chi connectivity index (χ1v) is 4.96. The topological polar surface area (TPSA) is 77.8 Å². The summed E-state index contributed by atoms with van der Waals surface area (Å²) in [6, 6.07) is 0. The Kier molecular flexibility index (Phi) is 4.04. The molecule has 0 saturated heterocycles. The second-order valence-electron chi connectivity index (χ2n) is 2.99. The van der Waals surface area contributed by atoms with E-state index in [1.807, 2.05) is 0 Å². The van der Waals surface area contributed by atoms with E-state index in [0.717, 1.165) is 6.08 Å². The molecule has 0 heterocycles. The molecule has 1 aliphatic rings. The van der Waals surface area contributed by atoms with Crippen molar-refractivity contribution in [1.29, 1.82) is 0 Å². The second kappa shape index (κ2) is 5.09. The molecule has 0 spiro atoms. The van der Waals surface area contributed by atoms with Crippen LogP contribution in [-0.2, 0) is 4.79 Å². The molecule has 1 aliphatic carbocycles. The summed E-state index contributed by atoms with van der Waals surface area (Å²) in [5, 5.41) is 27.2. The maximum Gasteiger partial charge on any atom is 0.328 e. The van der Waals surface area contributed by atoms with Crippen molar-refractivity contribution in [3.8, 4) is 0 Å². The summed E-state index contributed by atoms with van der Waals surface area (Å²) >= 11 is 11.1. The molecule has 6 heteroatoms.